The van der Waals surface area contributed by atoms with Crippen LogP contribution < -0.4 is 5.32 Å². The van der Waals surface area contributed by atoms with Gasteiger partial charge in [0, 0.05) is 23.5 Å². The fourth-order valence-corrected chi connectivity index (χ4v) is 1.40. The molecule has 0 aliphatic rings. The molecule has 0 spiro atoms. The number of rotatable bonds is 3. The average Bonchev–Trinajstić information content (AvgIpc) is 2.07. The van der Waals surface area contributed by atoms with Crippen molar-refractivity contribution in [2.75, 3.05) is 6.54 Å². The number of nitrogens with one attached hydrogen (secondary N) is 1. The standard InChI is InChI=1S/C12H17ClNO/c1-12(2,3)14-7-6-9-4-5-10(15)8-11(9)13/h4-6,8,14-15H,7H2,1-3H3. The number of aromatic hydroxyl groups is 1. The predicted molar refractivity (Wildman–Crippen MR) is 64.3 cm³/mol. The van der Waals surface area contributed by atoms with Crippen molar-refractivity contribution in [2.24, 2.45) is 0 Å². The number of hydrogen-bond donors (Lipinski definition) is 2. The van der Waals surface area contributed by atoms with E-state index in [0.717, 1.165) is 12.1 Å². The van der Waals surface area contributed by atoms with Crippen LogP contribution in [0.1, 0.15) is 26.3 Å². The lowest BCUT2D eigenvalue weighted by molar-refractivity contribution is 0.444. The van der Waals surface area contributed by atoms with Crippen LogP contribution in [0.3, 0.4) is 0 Å². The van der Waals surface area contributed by atoms with Gasteiger partial charge in [0.1, 0.15) is 5.75 Å². The molecule has 0 aliphatic heterocycles. The second-order valence-electron chi connectivity index (χ2n) is 4.54. The number of hydrogen-bond acceptors (Lipinski definition) is 2. The minimum absolute atomic E-state index is 0.0971. The van der Waals surface area contributed by atoms with E-state index in [0.29, 0.717) is 5.02 Å². The molecule has 0 unspecified atom stereocenters. The lowest BCUT2D eigenvalue weighted by atomic mass is 10.1. The number of phenolic OH excluding ortho intramolecular Hbond substituents is 1. The molecule has 0 saturated heterocycles. The summed E-state index contributed by atoms with van der Waals surface area (Å²) in [6.45, 7) is 7.09. The van der Waals surface area contributed by atoms with Gasteiger partial charge in [0.05, 0.1) is 0 Å². The van der Waals surface area contributed by atoms with Gasteiger partial charge in [0.2, 0.25) is 0 Å². The van der Waals surface area contributed by atoms with Gasteiger partial charge in [-0.25, -0.2) is 0 Å². The highest BCUT2D eigenvalue weighted by atomic mass is 35.5. The van der Waals surface area contributed by atoms with Gasteiger partial charge >= 0.3 is 0 Å². The summed E-state index contributed by atoms with van der Waals surface area (Å²) >= 11 is 5.96. The van der Waals surface area contributed by atoms with E-state index in [1.807, 2.05) is 12.5 Å². The molecule has 15 heavy (non-hydrogen) atoms. The van der Waals surface area contributed by atoms with Crippen molar-refractivity contribution in [3.63, 3.8) is 0 Å². The summed E-state index contributed by atoms with van der Waals surface area (Å²) in [4.78, 5) is 0. The maximum Gasteiger partial charge on any atom is 0.117 e. The number of phenols is 1. The molecule has 0 fully saturated rings. The molecule has 1 aromatic rings. The summed E-state index contributed by atoms with van der Waals surface area (Å²) in [5.74, 6) is 0.195. The van der Waals surface area contributed by atoms with E-state index in [1.165, 1.54) is 0 Å². The van der Waals surface area contributed by atoms with Gasteiger partial charge < -0.3 is 10.4 Å². The average molecular weight is 227 g/mol. The SMILES string of the molecule is CC(C)(C)NC[CH]c1ccc(O)cc1Cl. The van der Waals surface area contributed by atoms with E-state index in [2.05, 4.69) is 26.1 Å². The van der Waals surface area contributed by atoms with Gasteiger partial charge in [-0.15, -0.1) is 0 Å². The second kappa shape index (κ2) is 4.86. The van der Waals surface area contributed by atoms with Crippen molar-refractivity contribution in [3.05, 3.63) is 35.2 Å². The largest absolute Gasteiger partial charge is 0.508 e. The summed E-state index contributed by atoms with van der Waals surface area (Å²) < 4.78 is 0. The maximum absolute atomic E-state index is 9.18. The Kier molecular flexibility index (Phi) is 4.00. The van der Waals surface area contributed by atoms with Crippen LogP contribution in [0.15, 0.2) is 18.2 Å². The fraction of sp³-hybridized carbons (Fsp3) is 0.417. The van der Waals surface area contributed by atoms with Gasteiger partial charge in [-0.3, -0.25) is 0 Å². The molecule has 1 aromatic carbocycles. The zero-order valence-corrected chi connectivity index (χ0v) is 10.1. The molecule has 0 aromatic heterocycles. The van der Waals surface area contributed by atoms with E-state index in [1.54, 1.807) is 12.1 Å². The van der Waals surface area contributed by atoms with Crippen molar-refractivity contribution in [1.29, 1.82) is 0 Å². The molecule has 2 nitrogen and oxygen atoms in total. The molecule has 2 N–H and O–H groups in total. The van der Waals surface area contributed by atoms with Crippen LogP contribution in [0.2, 0.25) is 5.02 Å². The Balaban J connectivity index is 2.51. The summed E-state index contributed by atoms with van der Waals surface area (Å²) in [6.07, 6.45) is 2.01. The molecule has 0 atom stereocenters. The first-order valence-corrected chi connectivity index (χ1v) is 5.33. The van der Waals surface area contributed by atoms with E-state index in [-0.39, 0.29) is 11.3 Å². The third kappa shape index (κ3) is 4.54. The lowest BCUT2D eigenvalue weighted by Gasteiger charge is -2.20. The summed E-state index contributed by atoms with van der Waals surface area (Å²) in [5, 5.41) is 13.1. The van der Waals surface area contributed by atoms with Gasteiger partial charge in [-0.05, 0) is 38.5 Å². The van der Waals surface area contributed by atoms with Crippen LogP contribution in [0, 0.1) is 6.42 Å². The summed E-state index contributed by atoms with van der Waals surface area (Å²) in [7, 11) is 0. The quantitative estimate of drug-likeness (QED) is 0.831. The van der Waals surface area contributed by atoms with Gasteiger partial charge in [-0.2, -0.15) is 0 Å². The van der Waals surface area contributed by atoms with Gasteiger partial charge in [0.25, 0.3) is 0 Å². The minimum atomic E-state index is 0.0971. The van der Waals surface area contributed by atoms with Crippen LogP contribution in [-0.2, 0) is 0 Å². The molecule has 1 radical (unpaired) electrons. The normalized spacial score (nSPS) is 11.7. The van der Waals surface area contributed by atoms with E-state index in [9.17, 15) is 5.11 Å². The molecule has 0 bridgehead atoms. The van der Waals surface area contributed by atoms with E-state index in [4.69, 9.17) is 11.6 Å². The molecule has 0 aliphatic carbocycles. The van der Waals surface area contributed by atoms with Crippen molar-refractivity contribution >= 4 is 11.6 Å². The van der Waals surface area contributed by atoms with Crippen molar-refractivity contribution in [1.82, 2.24) is 5.32 Å². The number of benzene rings is 1. The monoisotopic (exact) mass is 226 g/mol. The van der Waals surface area contributed by atoms with Crippen LogP contribution in [0.4, 0.5) is 0 Å². The Hall–Kier alpha value is -0.730. The maximum atomic E-state index is 9.18. The Morgan fingerprint density at radius 1 is 1.40 bits per heavy atom. The first kappa shape index (κ1) is 12.3. The van der Waals surface area contributed by atoms with Gasteiger partial charge in [-0.1, -0.05) is 17.7 Å². The van der Waals surface area contributed by atoms with Gasteiger partial charge in [0.15, 0.2) is 0 Å². The molecular weight excluding hydrogens is 210 g/mol. The molecule has 83 valence electrons. The third-order valence-electron chi connectivity index (χ3n) is 1.94. The van der Waals surface area contributed by atoms with Crippen molar-refractivity contribution < 1.29 is 5.11 Å². The predicted octanol–water partition coefficient (Wildman–Crippen LogP) is 2.99. The van der Waals surface area contributed by atoms with E-state index >= 15 is 0 Å². The topological polar surface area (TPSA) is 32.3 Å². The Labute approximate surface area is 96.3 Å². The van der Waals surface area contributed by atoms with Crippen molar-refractivity contribution in [2.45, 2.75) is 26.3 Å². The first-order valence-electron chi connectivity index (χ1n) is 4.95. The first-order chi connectivity index (χ1) is 6.88. The smallest absolute Gasteiger partial charge is 0.117 e. The van der Waals surface area contributed by atoms with Crippen LogP contribution in [-0.4, -0.2) is 17.2 Å². The highest BCUT2D eigenvalue weighted by Crippen LogP contribution is 2.22. The highest BCUT2D eigenvalue weighted by Gasteiger charge is 2.08. The molecule has 1 rings (SSSR count). The second-order valence-corrected chi connectivity index (χ2v) is 4.95. The Morgan fingerprint density at radius 2 is 2.07 bits per heavy atom. The van der Waals surface area contributed by atoms with E-state index < -0.39 is 0 Å². The molecule has 3 heteroatoms. The third-order valence-corrected chi connectivity index (χ3v) is 2.27. The molecule has 0 amide bonds. The highest BCUT2D eigenvalue weighted by molar-refractivity contribution is 6.31. The van der Waals surface area contributed by atoms with Crippen LogP contribution >= 0.6 is 11.6 Å². The Bertz CT molecular complexity index is 331. The molecule has 0 saturated carbocycles. The molecular formula is C12H17ClNO. The zero-order valence-electron chi connectivity index (χ0n) is 9.34. The Morgan fingerprint density at radius 3 is 2.60 bits per heavy atom. The summed E-state index contributed by atoms with van der Waals surface area (Å²) in [5.41, 5.74) is 1.03. The lowest BCUT2D eigenvalue weighted by Crippen LogP contribution is -2.36. The zero-order chi connectivity index (χ0) is 11.5. The van der Waals surface area contributed by atoms with Crippen LogP contribution in [0.25, 0.3) is 0 Å². The van der Waals surface area contributed by atoms with Crippen molar-refractivity contribution in [3.8, 4) is 5.75 Å². The summed E-state index contributed by atoms with van der Waals surface area (Å²) in [6, 6.07) is 4.99. The molecule has 0 heterocycles. The fourth-order valence-electron chi connectivity index (χ4n) is 1.15. The minimum Gasteiger partial charge on any atom is -0.508 e. The van der Waals surface area contributed by atoms with Crippen LogP contribution in [0.5, 0.6) is 5.75 Å². The number of halogens is 1.